The van der Waals surface area contributed by atoms with Crippen LogP contribution in [0.4, 0.5) is 0 Å². The SMILES string of the molecule is c1ccc(-c2ccc(C(c3ccc(-c4cccc5c4Cc4ccccc4-5)cc3)c3cccc4c3-c3cc5ccccc5c(-c5cccc6c5Cc5ccccc5-6)c3C4)cc2)cc1. The summed E-state index contributed by atoms with van der Waals surface area (Å²) in [6.07, 6.45) is 2.85. The van der Waals surface area contributed by atoms with E-state index >= 15 is 0 Å². The quantitative estimate of drug-likeness (QED) is 0.147. The van der Waals surface area contributed by atoms with Crippen molar-refractivity contribution in [3.05, 3.63) is 262 Å². The first-order valence-electron chi connectivity index (χ1n) is 22.1. The number of hydrogen-bond acceptors (Lipinski definition) is 0. The van der Waals surface area contributed by atoms with Gasteiger partial charge in [0, 0.05) is 5.92 Å². The van der Waals surface area contributed by atoms with Crippen LogP contribution in [0.3, 0.4) is 0 Å². The van der Waals surface area contributed by atoms with Crippen molar-refractivity contribution in [2.75, 3.05) is 0 Å². The molecule has 0 bridgehead atoms. The molecule has 0 saturated carbocycles. The van der Waals surface area contributed by atoms with Crippen LogP contribution in [-0.4, -0.2) is 0 Å². The van der Waals surface area contributed by atoms with Crippen molar-refractivity contribution in [2.45, 2.75) is 25.2 Å². The van der Waals surface area contributed by atoms with Crippen molar-refractivity contribution in [1.82, 2.24) is 0 Å². The fourth-order valence-electron chi connectivity index (χ4n) is 11.4. The largest absolute Gasteiger partial charge is 0.0622 e. The topological polar surface area (TPSA) is 0 Å². The molecular formula is C62H42. The van der Waals surface area contributed by atoms with Crippen molar-refractivity contribution >= 4 is 10.8 Å². The number of hydrogen-bond donors (Lipinski definition) is 0. The average molecular weight is 787 g/mol. The Morgan fingerprint density at radius 3 is 1.50 bits per heavy atom. The summed E-state index contributed by atoms with van der Waals surface area (Å²) >= 11 is 0. The Labute approximate surface area is 363 Å². The van der Waals surface area contributed by atoms with E-state index < -0.39 is 0 Å². The molecule has 1 unspecified atom stereocenters. The Hall–Kier alpha value is -7.54. The second-order valence-electron chi connectivity index (χ2n) is 17.4. The van der Waals surface area contributed by atoms with Crippen molar-refractivity contribution in [2.24, 2.45) is 0 Å². The van der Waals surface area contributed by atoms with Crippen LogP contribution in [0.5, 0.6) is 0 Å². The predicted octanol–water partition coefficient (Wildman–Crippen LogP) is 15.7. The summed E-state index contributed by atoms with van der Waals surface area (Å²) in [4.78, 5) is 0. The molecule has 0 heteroatoms. The van der Waals surface area contributed by atoms with Gasteiger partial charge >= 0.3 is 0 Å². The van der Waals surface area contributed by atoms with Crippen LogP contribution in [-0.2, 0) is 19.3 Å². The van der Waals surface area contributed by atoms with Crippen molar-refractivity contribution in [3.63, 3.8) is 0 Å². The third-order valence-electron chi connectivity index (χ3n) is 14.2. The van der Waals surface area contributed by atoms with Gasteiger partial charge in [0.2, 0.25) is 0 Å². The predicted molar refractivity (Wildman–Crippen MR) is 259 cm³/mol. The summed E-state index contributed by atoms with van der Waals surface area (Å²) in [6.45, 7) is 0. The number of fused-ring (bicyclic) bond motifs is 10. The Kier molecular flexibility index (Phi) is 7.97. The molecule has 0 aromatic heterocycles. The van der Waals surface area contributed by atoms with Crippen LogP contribution in [0, 0.1) is 0 Å². The molecule has 3 aliphatic rings. The summed E-state index contributed by atoms with van der Waals surface area (Å²) < 4.78 is 0. The first-order valence-corrected chi connectivity index (χ1v) is 22.1. The average Bonchev–Trinajstić information content (AvgIpc) is 4.03. The lowest BCUT2D eigenvalue weighted by Crippen LogP contribution is -2.06. The second-order valence-corrected chi connectivity index (χ2v) is 17.4. The second kappa shape index (κ2) is 14.0. The summed E-state index contributed by atoms with van der Waals surface area (Å²) in [5.74, 6) is 0.0332. The van der Waals surface area contributed by atoms with E-state index in [0.717, 1.165) is 19.3 Å². The van der Waals surface area contributed by atoms with Gasteiger partial charge in [0.15, 0.2) is 0 Å². The van der Waals surface area contributed by atoms with E-state index in [0.29, 0.717) is 0 Å². The fourth-order valence-corrected chi connectivity index (χ4v) is 11.4. The van der Waals surface area contributed by atoms with Crippen LogP contribution in [0.2, 0.25) is 0 Å². The summed E-state index contributed by atoms with van der Waals surface area (Å²) in [7, 11) is 0. The Morgan fingerprint density at radius 1 is 0.290 bits per heavy atom. The Balaban J connectivity index is 0.981. The molecule has 0 saturated heterocycles. The van der Waals surface area contributed by atoms with E-state index in [1.165, 1.54) is 128 Å². The molecule has 10 aromatic carbocycles. The zero-order chi connectivity index (χ0) is 40.7. The molecule has 3 aliphatic carbocycles. The first kappa shape index (κ1) is 35.2. The lowest BCUT2D eigenvalue weighted by Gasteiger charge is -2.24. The molecule has 62 heavy (non-hydrogen) atoms. The van der Waals surface area contributed by atoms with E-state index in [9.17, 15) is 0 Å². The normalized spacial score (nSPS) is 13.2. The van der Waals surface area contributed by atoms with Crippen molar-refractivity contribution in [3.8, 4) is 66.8 Å². The zero-order valence-electron chi connectivity index (χ0n) is 34.4. The highest BCUT2D eigenvalue weighted by atomic mass is 14.3. The smallest absolute Gasteiger partial charge is 0.0346 e. The molecule has 1 atom stereocenters. The van der Waals surface area contributed by atoms with Crippen LogP contribution in [0.15, 0.2) is 212 Å². The molecule has 0 heterocycles. The van der Waals surface area contributed by atoms with Gasteiger partial charge in [0.05, 0.1) is 0 Å². The minimum absolute atomic E-state index is 0.0332. The molecule has 290 valence electrons. The summed E-state index contributed by atoms with van der Waals surface area (Å²) in [6, 6.07) is 80.0. The molecule has 13 rings (SSSR count). The fraction of sp³-hybridized carbons (Fsp3) is 0.0645. The van der Waals surface area contributed by atoms with E-state index in [4.69, 9.17) is 0 Å². The maximum Gasteiger partial charge on any atom is 0.0346 e. The van der Waals surface area contributed by atoms with Gasteiger partial charge in [-0.3, -0.25) is 0 Å². The molecule has 0 fully saturated rings. The molecule has 0 amide bonds. The number of benzene rings is 10. The summed E-state index contributed by atoms with van der Waals surface area (Å²) in [5.41, 5.74) is 28.7. The van der Waals surface area contributed by atoms with Gasteiger partial charge in [0.25, 0.3) is 0 Å². The maximum atomic E-state index is 2.49. The molecule has 10 aromatic rings. The molecule has 0 aliphatic heterocycles. The van der Waals surface area contributed by atoms with E-state index in [1.54, 1.807) is 0 Å². The van der Waals surface area contributed by atoms with Gasteiger partial charge < -0.3 is 0 Å². The van der Waals surface area contributed by atoms with Crippen LogP contribution < -0.4 is 0 Å². The highest BCUT2D eigenvalue weighted by molar-refractivity contribution is 6.06. The summed E-state index contributed by atoms with van der Waals surface area (Å²) in [5, 5.41) is 2.63. The van der Waals surface area contributed by atoms with E-state index in [2.05, 4.69) is 212 Å². The Bertz CT molecular complexity index is 3400. The lowest BCUT2D eigenvalue weighted by molar-refractivity contribution is 0.978. The molecule has 0 radical (unpaired) electrons. The van der Waals surface area contributed by atoms with Crippen LogP contribution >= 0.6 is 0 Å². The first-order chi connectivity index (χ1) is 30.7. The molecule has 0 N–H and O–H groups in total. The van der Waals surface area contributed by atoms with Gasteiger partial charge in [-0.15, -0.1) is 0 Å². The van der Waals surface area contributed by atoms with Crippen molar-refractivity contribution in [1.29, 1.82) is 0 Å². The maximum absolute atomic E-state index is 2.49. The standard InChI is InChI=1S/C62H42/c1-2-13-39(14-3-1)40-27-31-42(32-28-40)60(43-33-29-41(30-34-43)48-22-11-23-52-49-19-7-4-15-44(49)35-56(48)52)55-26-10-18-47-38-59-58(61(47)55)37-46-17-6-9-21-51(46)62(59)54-25-12-24-53-50-20-8-5-16-45(50)36-57(53)54/h1-34,37,60H,35-36,38H2. The highest BCUT2D eigenvalue weighted by Crippen LogP contribution is 2.52. The van der Waals surface area contributed by atoms with Gasteiger partial charge in [-0.25, -0.2) is 0 Å². The van der Waals surface area contributed by atoms with Gasteiger partial charge in [-0.2, -0.15) is 0 Å². The third-order valence-corrected chi connectivity index (χ3v) is 14.2. The van der Waals surface area contributed by atoms with Crippen LogP contribution in [0.25, 0.3) is 77.5 Å². The van der Waals surface area contributed by atoms with Crippen LogP contribution in [0.1, 0.15) is 56.0 Å². The minimum Gasteiger partial charge on any atom is -0.0622 e. The number of rotatable bonds is 6. The lowest BCUT2D eigenvalue weighted by atomic mass is 9.80. The highest BCUT2D eigenvalue weighted by Gasteiger charge is 2.32. The zero-order valence-corrected chi connectivity index (χ0v) is 34.4. The minimum atomic E-state index is 0.0332. The monoisotopic (exact) mass is 786 g/mol. The Morgan fingerprint density at radius 2 is 0.790 bits per heavy atom. The van der Waals surface area contributed by atoms with Gasteiger partial charge in [-0.05, 0) is 153 Å². The van der Waals surface area contributed by atoms with Gasteiger partial charge in [0.1, 0.15) is 0 Å². The molecule has 0 nitrogen and oxygen atoms in total. The van der Waals surface area contributed by atoms with E-state index in [-0.39, 0.29) is 5.92 Å². The third kappa shape index (κ3) is 5.46. The van der Waals surface area contributed by atoms with E-state index in [1.807, 2.05) is 0 Å². The van der Waals surface area contributed by atoms with Gasteiger partial charge in [-0.1, -0.05) is 206 Å². The molecule has 0 spiro atoms. The van der Waals surface area contributed by atoms with Crippen molar-refractivity contribution < 1.29 is 0 Å². The molecular weight excluding hydrogens is 745 g/mol.